The number of hydrogen-bond donors (Lipinski definition) is 1. The Hall–Kier alpha value is -3.41. The highest BCUT2D eigenvalue weighted by Gasteiger charge is 2.34. The average molecular weight is 400 g/mol. The van der Waals surface area contributed by atoms with Gasteiger partial charge in [0.2, 0.25) is 11.9 Å². The number of carbonyl (C=O) groups is 1. The molecule has 1 amide bonds. The van der Waals surface area contributed by atoms with Gasteiger partial charge in [-0.05, 0) is 37.0 Å². The molecule has 2 aromatic carbocycles. The van der Waals surface area contributed by atoms with E-state index in [4.69, 9.17) is 4.74 Å². The van der Waals surface area contributed by atoms with Crippen molar-refractivity contribution in [3.8, 4) is 11.5 Å². The van der Waals surface area contributed by atoms with Crippen LogP contribution in [0.15, 0.2) is 54.7 Å². The van der Waals surface area contributed by atoms with Gasteiger partial charge in [-0.15, -0.1) is 0 Å². The minimum absolute atomic E-state index is 0.0116. The van der Waals surface area contributed by atoms with Crippen LogP contribution in [0.4, 0.5) is 5.95 Å². The fraction of sp³-hybridized carbons (Fsp3) is 0.292. The number of para-hydroxylation sites is 2. The minimum atomic E-state index is -0.375. The van der Waals surface area contributed by atoms with Crippen LogP contribution in [0, 0.1) is 0 Å². The van der Waals surface area contributed by atoms with Crippen molar-refractivity contribution in [2.24, 2.45) is 0 Å². The Balaban J connectivity index is 1.39. The van der Waals surface area contributed by atoms with Crippen LogP contribution < -0.4 is 15.0 Å². The molecule has 2 heterocycles. The average Bonchev–Trinajstić information content (AvgIpc) is 2.76. The maximum Gasteiger partial charge on any atom is 0.232 e. The van der Waals surface area contributed by atoms with Crippen LogP contribution in [-0.4, -0.2) is 36.0 Å². The lowest BCUT2D eigenvalue weighted by Crippen LogP contribution is -2.42. The van der Waals surface area contributed by atoms with Gasteiger partial charge in [-0.1, -0.05) is 36.4 Å². The van der Waals surface area contributed by atoms with Gasteiger partial charge in [0, 0.05) is 43.2 Å². The largest absolute Gasteiger partial charge is 0.457 e. The molecule has 0 saturated carbocycles. The van der Waals surface area contributed by atoms with Gasteiger partial charge in [0.25, 0.3) is 0 Å². The molecule has 0 fully saturated rings. The van der Waals surface area contributed by atoms with E-state index in [2.05, 4.69) is 15.3 Å². The van der Waals surface area contributed by atoms with Crippen molar-refractivity contribution >= 4 is 11.9 Å². The summed E-state index contributed by atoms with van der Waals surface area (Å²) in [4.78, 5) is 24.5. The molecule has 3 aromatic rings. The second kappa shape index (κ2) is 7.44. The van der Waals surface area contributed by atoms with Gasteiger partial charge < -0.3 is 15.0 Å². The third kappa shape index (κ3) is 3.28. The van der Waals surface area contributed by atoms with Crippen LogP contribution in [0.1, 0.15) is 34.7 Å². The fourth-order valence-electron chi connectivity index (χ4n) is 4.31. The molecule has 0 spiro atoms. The molecule has 5 rings (SSSR count). The summed E-state index contributed by atoms with van der Waals surface area (Å²) in [6.45, 7) is 0. The molecular formula is C24H24N4O2. The second-order valence-corrected chi connectivity index (χ2v) is 8.10. The number of amides is 1. The Morgan fingerprint density at radius 3 is 2.40 bits per heavy atom. The first-order valence-electron chi connectivity index (χ1n) is 10.3. The number of carbonyl (C=O) groups excluding carboxylic acids is 1. The molecule has 6 heteroatoms. The SMILES string of the molecule is CN(C)c1ncc2c(n1)CCC(NC(=O)C1c3ccccc3Oc3ccccc31)C2. The number of nitrogens with one attached hydrogen (secondary N) is 1. The zero-order chi connectivity index (χ0) is 20.7. The van der Waals surface area contributed by atoms with E-state index in [9.17, 15) is 4.79 Å². The van der Waals surface area contributed by atoms with Crippen molar-refractivity contribution in [3.05, 3.63) is 77.1 Å². The molecule has 2 aliphatic rings. The van der Waals surface area contributed by atoms with Crippen LogP contribution >= 0.6 is 0 Å². The topological polar surface area (TPSA) is 67.4 Å². The van der Waals surface area contributed by atoms with E-state index in [0.717, 1.165) is 59.1 Å². The van der Waals surface area contributed by atoms with Crippen LogP contribution in [0.3, 0.4) is 0 Å². The van der Waals surface area contributed by atoms with Crippen LogP contribution in [0.25, 0.3) is 0 Å². The summed E-state index contributed by atoms with van der Waals surface area (Å²) in [5, 5.41) is 3.29. The lowest BCUT2D eigenvalue weighted by Gasteiger charge is -2.30. The van der Waals surface area contributed by atoms with Crippen LogP contribution in [0.5, 0.6) is 11.5 Å². The van der Waals surface area contributed by atoms with Crippen molar-refractivity contribution < 1.29 is 9.53 Å². The molecule has 1 aromatic heterocycles. The van der Waals surface area contributed by atoms with Gasteiger partial charge in [0.05, 0.1) is 5.92 Å². The van der Waals surface area contributed by atoms with E-state index in [1.807, 2.05) is 73.7 Å². The maximum atomic E-state index is 13.4. The number of benzene rings is 2. The first-order valence-corrected chi connectivity index (χ1v) is 10.3. The quantitative estimate of drug-likeness (QED) is 0.729. The molecule has 1 atom stereocenters. The molecule has 30 heavy (non-hydrogen) atoms. The molecule has 0 radical (unpaired) electrons. The summed E-state index contributed by atoms with van der Waals surface area (Å²) < 4.78 is 6.02. The van der Waals surface area contributed by atoms with Crippen molar-refractivity contribution in [3.63, 3.8) is 0 Å². The van der Waals surface area contributed by atoms with Gasteiger partial charge >= 0.3 is 0 Å². The number of ether oxygens (including phenoxy) is 1. The molecular weight excluding hydrogens is 376 g/mol. The van der Waals surface area contributed by atoms with Crippen molar-refractivity contribution in [2.45, 2.75) is 31.2 Å². The van der Waals surface area contributed by atoms with E-state index in [1.165, 1.54) is 0 Å². The summed E-state index contributed by atoms with van der Waals surface area (Å²) in [5.41, 5.74) is 4.01. The third-order valence-electron chi connectivity index (χ3n) is 5.83. The number of anilines is 1. The van der Waals surface area contributed by atoms with E-state index in [1.54, 1.807) is 0 Å². The van der Waals surface area contributed by atoms with E-state index >= 15 is 0 Å². The highest BCUT2D eigenvalue weighted by molar-refractivity contribution is 5.89. The highest BCUT2D eigenvalue weighted by Crippen LogP contribution is 2.44. The standard InChI is InChI=1S/C24H24N4O2/c1-28(2)24-25-14-15-13-16(11-12-19(15)27-24)26-23(29)22-17-7-3-5-9-20(17)30-21-10-6-4-8-18(21)22/h3-10,14,16,22H,11-13H2,1-2H3,(H,26,29). The lowest BCUT2D eigenvalue weighted by atomic mass is 9.86. The molecule has 6 nitrogen and oxygen atoms in total. The summed E-state index contributed by atoms with van der Waals surface area (Å²) in [6.07, 6.45) is 4.36. The number of hydrogen-bond acceptors (Lipinski definition) is 5. The number of nitrogens with zero attached hydrogens (tertiary/aromatic N) is 3. The Morgan fingerprint density at radius 2 is 1.73 bits per heavy atom. The van der Waals surface area contributed by atoms with Gasteiger partial charge in [0.15, 0.2) is 0 Å². The first kappa shape index (κ1) is 18.6. The third-order valence-corrected chi connectivity index (χ3v) is 5.83. The minimum Gasteiger partial charge on any atom is -0.457 e. The number of rotatable bonds is 3. The van der Waals surface area contributed by atoms with Gasteiger partial charge in [-0.3, -0.25) is 4.79 Å². The Kier molecular flexibility index (Phi) is 4.62. The van der Waals surface area contributed by atoms with Gasteiger partial charge in [0.1, 0.15) is 11.5 Å². The molecule has 1 aliphatic carbocycles. The number of aryl methyl sites for hydroxylation is 1. The Labute approximate surface area is 175 Å². The summed E-state index contributed by atoms with van der Waals surface area (Å²) in [7, 11) is 3.88. The van der Waals surface area contributed by atoms with Crippen molar-refractivity contribution in [1.29, 1.82) is 0 Å². The van der Waals surface area contributed by atoms with Crippen LogP contribution in [-0.2, 0) is 17.6 Å². The van der Waals surface area contributed by atoms with E-state index < -0.39 is 0 Å². The maximum absolute atomic E-state index is 13.4. The predicted molar refractivity (Wildman–Crippen MR) is 115 cm³/mol. The summed E-state index contributed by atoms with van der Waals surface area (Å²) in [6, 6.07) is 15.6. The molecule has 0 bridgehead atoms. The Morgan fingerprint density at radius 1 is 1.07 bits per heavy atom. The van der Waals surface area contributed by atoms with Crippen molar-refractivity contribution in [1.82, 2.24) is 15.3 Å². The number of aromatic nitrogens is 2. The highest BCUT2D eigenvalue weighted by atomic mass is 16.5. The number of fused-ring (bicyclic) bond motifs is 3. The van der Waals surface area contributed by atoms with E-state index in [-0.39, 0.29) is 17.9 Å². The zero-order valence-electron chi connectivity index (χ0n) is 17.1. The first-order chi connectivity index (χ1) is 14.6. The molecule has 1 N–H and O–H groups in total. The summed E-state index contributed by atoms with van der Waals surface area (Å²) in [5.74, 6) is 1.86. The fourth-order valence-corrected chi connectivity index (χ4v) is 4.31. The Bertz CT molecular complexity index is 1070. The summed E-state index contributed by atoms with van der Waals surface area (Å²) >= 11 is 0. The molecule has 1 unspecified atom stereocenters. The van der Waals surface area contributed by atoms with Gasteiger partial charge in [-0.25, -0.2) is 9.97 Å². The van der Waals surface area contributed by atoms with E-state index in [0.29, 0.717) is 0 Å². The van der Waals surface area contributed by atoms with Crippen molar-refractivity contribution in [2.75, 3.05) is 19.0 Å². The molecule has 0 saturated heterocycles. The lowest BCUT2D eigenvalue weighted by molar-refractivity contribution is -0.122. The molecule has 1 aliphatic heterocycles. The monoisotopic (exact) mass is 400 g/mol. The smallest absolute Gasteiger partial charge is 0.232 e. The normalized spacial score (nSPS) is 17.2. The predicted octanol–water partition coefficient (Wildman–Crippen LogP) is 3.45. The molecule has 152 valence electrons. The second-order valence-electron chi connectivity index (χ2n) is 8.10. The zero-order valence-corrected chi connectivity index (χ0v) is 17.1. The van der Waals surface area contributed by atoms with Gasteiger partial charge in [-0.2, -0.15) is 0 Å². The van der Waals surface area contributed by atoms with Crippen LogP contribution in [0.2, 0.25) is 0 Å².